The van der Waals surface area contributed by atoms with Crippen LogP contribution in [0, 0.1) is 18.7 Å². The molecule has 0 radical (unpaired) electrons. The van der Waals surface area contributed by atoms with E-state index in [4.69, 9.17) is 0 Å². The molecule has 0 unspecified atom stereocenters. The van der Waals surface area contributed by atoms with Gasteiger partial charge in [0.1, 0.15) is 11.6 Å². The summed E-state index contributed by atoms with van der Waals surface area (Å²) in [5, 5.41) is 3.28. The van der Waals surface area contributed by atoms with E-state index in [-0.39, 0.29) is 17.8 Å². The fourth-order valence-electron chi connectivity index (χ4n) is 4.24. The van der Waals surface area contributed by atoms with Gasteiger partial charge in [0.25, 0.3) is 5.91 Å². The van der Waals surface area contributed by atoms with Crippen molar-refractivity contribution in [1.82, 2.24) is 14.9 Å². The van der Waals surface area contributed by atoms with Gasteiger partial charge in [0, 0.05) is 30.4 Å². The summed E-state index contributed by atoms with van der Waals surface area (Å²) in [6.07, 6.45) is 4.98. The van der Waals surface area contributed by atoms with Gasteiger partial charge < -0.3 is 10.2 Å². The third-order valence-corrected chi connectivity index (χ3v) is 5.94. The summed E-state index contributed by atoms with van der Waals surface area (Å²) < 4.78 is 13.2. The molecule has 1 N–H and O–H groups in total. The Balaban J connectivity index is 1.61. The number of hydrogen-bond donors (Lipinski definition) is 1. The Morgan fingerprint density at radius 2 is 2.06 bits per heavy atom. The van der Waals surface area contributed by atoms with Gasteiger partial charge >= 0.3 is 0 Å². The van der Waals surface area contributed by atoms with E-state index < -0.39 is 0 Å². The standard InChI is InChI=1S/C25H27FN4O/c1-17-8-10-20(22-7-3-4-12-27-22)21(14-17)25(31)30-13-5-6-18(2)23(30)16-29-24-11-9-19(26)15-28-24/h3-4,7-12,14-15,18,23H,5-6,13,16H2,1-2H3,(H,28,29)/t18-,23-/m1/s1. The van der Waals surface area contributed by atoms with Gasteiger partial charge in [0.15, 0.2) is 0 Å². The number of nitrogens with one attached hydrogen (secondary N) is 1. The van der Waals surface area contributed by atoms with Gasteiger partial charge in [0.2, 0.25) is 0 Å². The highest BCUT2D eigenvalue weighted by Crippen LogP contribution is 2.29. The summed E-state index contributed by atoms with van der Waals surface area (Å²) in [5.41, 5.74) is 3.36. The Hall–Kier alpha value is -3.28. The number of pyridine rings is 2. The Morgan fingerprint density at radius 3 is 2.81 bits per heavy atom. The Morgan fingerprint density at radius 1 is 1.19 bits per heavy atom. The second kappa shape index (κ2) is 9.25. The molecular weight excluding hydrogens is 391 g/mol. The molecule has 1 amide bonds. The van der Waals surface area contributed by atoms with Crippen LogP contribution >= 0.6 is 0 Å². The van der Waals surface area contributed by atoms with Crippen molar-refractivity contribution in [3.8, 4) is 11.3 Å². The summed E-state index contributed by atoms with van der Waals surface area (Å²) >= 11 is 0. The quantitative estimate of drug-likeness (QED) is 0.637. The largest absolute Gasteiger partial charge is 0.368 e. The highest BCUT2D eigenvalue weighted by molar-refractivity contribution is 6.01. The van der Waals surface area contributed by atoms with Crippen LogP contribution in [0.25, 0.3) is 11.3 Å². The van der Waals surface area contributed by atoms with Crippen molar-refractivity contribution in [2.75, 3.05) is 18.4 Å². The number of likely N-dealkylation sites (tertiary alicyclic amines) is 1. The van der Waals surface area contributed by atoms with Gasteiger partial charge in [-0.3, -0.25) is 9.78 Å². The molecule has 0 saturated carbocycles. The average Bonchev–Trinajstić information content (AvgIpc) is 2.79. The first-order chi connectivity index (χ1) is 15.0. The molecule has 2 aromatic heterocycles. The number of anilines is 1. The predicted octanol–water partition coefficient (Wildman–Crippen LogP) is 4.94. The number of rotatable bonds is 5. The normalized spacial score (nSPS) is 18.6. The van der Waals surface area contributed by atoms with Crippen molar-refractivity contribution in [2.24, 2.45) is 5.92 Å². The number of amides is 1. The fraction of sp³-hybridized carbons (Fsp3) is 0.320. The van der Waals surface area contributed by atoms with Gasteiger partial charge in [-0.1, -0.05) is 30.7 Å². The lowest BCUT2D eigenvalue weighted by molar-refractivity contribution is 0.0540. The Bertz CT molecular complexity index is 1040. The number of halogens is 1. The van der Waals surface area contributed by atoms with Crippen LogP contribution in [0.4, 0.5) is 10.2 Å². The molecule has 0 spiro atoms. The highest BCUT2D eigenvalue weighted by atomic mass is 19.1. The summed E-state index contributed by atoms with van der Waals surface area (Å²) in [6.45, 7) is 5.45. The van der Waals surface area contributed by atoms with Crippen LogP contribution in [0.2, 0.25) is 0 Å². The van der Waals surface area contributed by atoms with E-state index in [1.165, 1.54) is 12.3 Å². The topological polar surface area (TPSA) is 58.1 Å². The van der Waals surface area contributed by atoms with Crippen LogP contribution in [0.15, 0.2) is 60.9 Å². The van der Waals surface area contributed by atoms with E-state index in [1.807, 2.05) is 48.2 Å². The van der Waals surface area contributed by atoms with Crippen LogP contribution < -0.4 is 5.32 Å². The molecule has 1 aliphatic rings. The van der Waals surface area contributed by atoms with Gasteiger partial charge in [-0.25, -0.2) is 9.37 Å². The molecule has 160 valence electrons. The lowest BCUT2D eigenvalue weighted by atomic mass is 9.89. The van der Waals surface area contributed by atoms with Crippen molar-refractivity contribution in [3.05, 3.63) is 77.9 Å². The zero-order valence-electron chi connectivity index (χ0n) is 17.9. The number of aryl methyl sites for hydroxylation is 1. The van der Waals surface area contributed by atoms with Crippen molar-refractivity contribution < 1.29 is 9.18 Å². The van der Waals surface area contributed by atoms with E-state index in [0.717, 1.165) is 29.7 Å². The van der Waals surface area contributed by atoms with E-state index in [9.17, 15) is 9.18 Å². The van der Waals surface area contributed by atoms with Crippen molar-refractivity contribution in [2.45, 2.75) is 32.7 Å². The number of carbonyl (C=O) groups is 1. The zero-order chi connectivity index (χ0) is 21.8. The maximum atomic E-state index is 13.8. The number of carbonyl (C=O) groups excluding carboxylic acids is 1. The molecule has 0 bridgehead atoms. The third-order valence-electron chi connectivity index (χ3n) is 5.94. The molecule has 2 atom stereocenters. The first-order valence-electron chi connectivity index (χ1n) is 10.7. The summed E-state index contributed by atoms with van der Waals surface area (Å²) in [7, 11) is 0. The maximum Gasteiger partial charge on any atom is 0.254 e. The minimum absolute atomic E-state index is 0.0187. The third kappa shape index (κ3) is 4.74. The van der Waals surface area contributed by atoms with Gasteiger partial charge in [-0.05, 0) is 56.0 Å². The number of hydrogen-bond acceptors (Lipinski definition) is 4. The van der Waals surface area contributed by atoms with E-state index in [1.54, 1.807) is 12.3 Å². The molecule has 6 heteroatoms. The van der Waals surface area contributed by atoms with Crippen LogP contribution in [0.5, 0.6) is 0 Å². The summed E-state index contributed by atoms with van der Waals surface area (Å²) in [6, 6.07) is 14.7. The molecular formula is C25H27FN4O. The van der Waals surface area contributed by atoms with Gasteiger partial charge in [-0.15, -0.1) is 0 Å². The van der Waals surface area contributed by atoms with Crippen molar-refractivity contribution in [1.29, 1.82) is 0 Å². The number of aromatic nitrogens is 2. The Labute approximate surface area is 182 Å². The molecule has 0 aliphatic carbocycles. The lowest BCUT2D eigenvalue weighted by Gasteiger charge is -2.40. The minimum Gasteiger partial charge on any atom is -0.368 e. The lowest BCUT2D eigenvalue weighted by Crippen LogP contribution is -2.51. The second-order valence-corrected chi connectivity index (χ2v) is 8.19. The van der Waals surface area contributed by atoms with Gasteiger partial charge in [-0.2, -0.15) is 0 Å². The average molecular weight is 419 g/mol. The summed E-state index contributed by atoms with van der Waals surface area (Å²) in [5.74, 6) is 0.606. The Kier molecular flexibility index (Phi) is 6.26. The molecule has 4 rings (SSSR count). The molecule has 31 heavy (non-hydrogen) atoms. The monoisotopic (exact) mass is 418 g/mol. The first kappa shape index (κ1) is 21.0. The summed E-state index contributed by atoms with van der Waals surface area (Å²) in [4.78, 5) is 24.3. The maximum absolute atomic E-state index is 13.8. The smallest absolute Gasteiger partial charge is 0.254 e. The van der Waals surface area contributed by atoms with Crippen molar-refractivity contribution in [3.63, 3.8) is 0 Å². The predicted molar refractivity (Wildman–Crippen MR) is 120 cm³/mol. The molecule has 1 fully saturated rings. The second-order valence-electron chi connectivity index (χ2n) is 8.19. The molecule has 1 aliphatic heterocycles. The SMILES string of the molecule is Cc1ccc(-c2ccccn2)c(C(=O)N2CCC[C@@H](C)[C@H]2CNc2ccc(F)cn2)c1. The molecule has 1 saturated heterocycles. The number of benzene rings is 1. The first-order valence-corrected chi connectivity index (χ1v) is 10.7. The van der Waals surface area contributed by atoms with Crippen LogP contribution in [-0.4, -0.2) is 39.9 Å². The minimum atomic E-state index is -0.366. The van der Waals surface area contributed by atoms with Crippen molar-refractivity contribution >= 4 is 11.7 Å². The number of nitrogens with zero attached hydrogens (tertiary/aromatic N) is 3. The van der Waals surface area contributed by atoms with E-state index >= 15 is 0 Å². The fourth-order valence-corrected chi connectivity index (χ4v) is 4.24. The number of piperidine rings is 1. The highest BCUT2D eigenvalue weighted by Gasteiger charge is 2.33. The zero-order valence-corrected chi connectivity index (χ0v) is 17.9. The van der Waals surface area contributed by atoms with Gasteiger partial charge in [0.05, 0.1) is 17.9 Å². The van der Waals surface area contributed by atoms with E-state index in [0.29, 0.717) is 30.4 Å². The van der Waals surface area contributed by atoms with Crippen LogP contribution in [0.1, 0.15) is 35.7 Å². The molecule has 1 aromatic carbocycles. The van der Waals surface area contributed by atoms with Crippen LogP contribution in [-0.2, 0) is 0 Å². The molecule has 5 nitrogen and oxygen atoms in total. The molecule has 3 heterocycles. The molecule has 3 aromatic rings. The van der Waals surface area contributed by atoms with Crippen LogP contribution in [0.3, 0.4) is 0 Å². The van der Waals surface area contributed by atoms with E-state index in [2.05, 4.69) is 22.2 Å².